The standard InChI is InChI=1S/C12H19N5O3/c1-8-10(17(19)20)12(15(3)14-8)16-6-4-9(5-7-16)11(18)13-2/h9H,4-7H2,1-3H3,(H,13,18). The summed E-state index contributed by atoms with van der Waals surface area (Å²) in [5, 5.41) is 18.0. The van der Waals surface area contributed by atoms with Gasteiger partial charge in [-0.15, -0.1) is 0 Å². The highest BCUT2D eigenvalue weighted by Crippen LogP contribution is 2.33. The van der Waals surface area contributed by atoms with E-state index in [-0.39, 0.29) is 22.4 Å². The number of carbonyl (C=O) groups excluding carboxylic acids is 1. The summed E-state index contributed by atoms with van der Waals surface area (Å²) in [5.74, 6) is 0.563. The first-order chi connectivity index (χ1) is 9.45. The Hall–Kier alpha value is -2.12. The average Bonchev–Trinajstić information content (AvgIpc) is 2.72. The molecule has 8 heteroatoms. The van der Waals surface area contributed by atoms with Crippen LogP contribution in [0.2, 0.25) is 0 Å². The maximum Gasteiger partial charge on any atom is 0.333 e. The van der Waals surface area contributed by atoms with Gasteiger partial charge in [-0.25, -0.2) is 4.68 Å². The molecule has 1 aliphatic rings. The van der Waals surface area contributed by atoms with Gasteiger partial charge in [-0.1, -0.05) is 0 Å². The first-order valence-corrected chi connectivity index (χ1v) is 6.60. The van der Waals surface area contributed by atoms with Crippen molar-refractivity contribution in [3.05, 3.63) is 15.8 Å². The number of aromatic nitrogens is 2. The molecule has 2 rings (SSSR count). The summed E-state index contributed by atoms with van der Waals surface area (Å²) < 4.78 is 1.55. The van der Waals surface area contributed by atoms with E-state index in [1.807, 2.05) is 4.90 Å². The summed E-state index contributed by atoms with van der Waals surface area (Å²) in [7, 11) is 3.34. The number of nitrogens with one attached hydrogen (secondary N) is 1. The fraction of sp³-hybridized carbons (Fsp3) is 0.667. The summed E-state index contributed by atoms with van der Waals surface area (Å²) in [6.45, 7) is 2.88. The molecule has 1 fully saturated rings. The smallest absolute Gasteiger partial charge is 0.333 e. The van der Waals surface area contributed by atoms with Gasteiger partial charge < -0.3 is 10.2 Å². The van der Waals surface area contributed by atoms with E-state index in [1.54, 1.807) is 25.7 Å². The molecule has 0 bridgehead atoms. The van der Waals surface area contributed by atoms with Crippen molar-refractivity contribution in [2.45, 2.75) is 19.8 Å². The molecule has 2 heterocycles. The minimum absolute atomic E-state index is 0.00960. The number of rotatable bonds is 3. The molecule has 1 saturated heterocycles. The van der Waals surface area contributed by atoms with Crippen molar-refractivity contribution in [3.8, 4) is 0 Å². The number of hydrogen-bond donors (Lipinski definition) is 1. The molecule has 1 amide bonds. The van der Waals surface area contributed by atoms with Crippen LogP contribution in [0.25, 0.3) is 0 Å². The van der Waals surface area contributed by atoms with Gasteiger partial charge in [-0.05, 0) is 19.8 Å². The highest BCUT2D eigenvalue weighted by molar-refractivity contribution is 5.78. The predicted molar refractivity (Wildman–Crippen MR) is 73.6 cm³/mol. The SMILES string of the molecule is CNC(=O)C1CCN(c2c([N+](=O)[O-])c(C)nn2C)CC1. The van der Waals surface area contributed by atoms with Crippen molar-refractivity contribution in [1.29, 1.82) is 0 Å². The Kier molecular flexibility index (Phi) is 3.91. The average molecular weight is 281 g/mol. The zero-order chi connectivity index (χ0) is 14.9. The van der Waals surface area contributed by atoms with E-state index >= 15 is 0 Å². The fourth-order valence-electron chi connectivity index (χ4n) is 2.76. The minimum Gasteiger partial charge on any atom is -0.359 e. The van der Waals surface area contributed by atoms with Crippen molar-refractivity contribution >= 4 is 17.4 Å². The molecule has 0 aromatic carbocycles. The highest BCUT2D eigenvalue weighted by Gasteiger charge is 2.32. The Morgan fingerprint density at radius 2 is 2.05 bits per heavy atom. The van der Waals surface area contributed by atoms with Crippen LogP contribution in [0, 0.1) is 23.0 Å². The van der Waals surface area contributed by atoms with E-state index in [2.05, 4.69) is 10.4 Å². The molecular formula is C12H19N5O3. The molecular weight excluding hydrogens is 262 g/mol. The molecule has 1 N–H and O–H groups in total. The normalized spacial score (nSPS) is 16.2. The third-order valence-corrected chi connectivity index (χ3v) is 3.76. The van der Waals surface area contributed by atoms with Crippen LogP contribution in [-0.4, -0.2) is 40.7 Å². The van der Waals surface area contributed by atoms with Crippen molar-refractivity contribution in [1.82, 2.24) is 15.1 Å². The molecule has 1 aromatic rings. The van der Waals surface area contributed by atoms with Crippen molar-refractivity contribution < 1.29 is 9.72 Å². The van der Waals surface area contributed by atoms with Crippen LogP contribution in [0.5, 0.6) is 0 Å². The van der Waals surface area contributed by atoms with Gasteiger partial charge in [0.05, 0.1) is 4.92 Å². The number of aryl methyl sites for hydroxylation is 2. The van der Waals surface area contributed by atoms with Crippen LogP contribution in [0.1, 0.15) is 18.5 Å². The maximum atomic E-state index is 11.6. The van der Waals surface area contributed by atoms with Crippen molar-refractivity contribution in [2.24, 2.45) is 13.0 Å². The Labute approximate surface area is 116 Å². The number of anilines is 1. The number of nitrogens with zero attached hydrogens (tertiary/aromatic N) is 4. The van der Waals surface area contributed by atoms with Gasteiger partial charge in [0.25, 0.3) is 0 Å². The molecule has 0 unspecified atom stereocenters. The van der Waals surface area contributed by atoms with Crippen LogP contribution in [0.3, 0.4) is 0 Å². The first-order valence-electron chi connectivity index (χ1n) is 6.60. The second kappa shape index (κ2) is 5.48. The molecule has 0 atom stereocenters. The van der Waals surface area contributed by atoms with Crippen LogP contribution < -0.4 is 10.2 Å². The quantitative estimate of drug-likeness (QED) is 0.647. The van der Waals surface area contributed by atoms with Gasteiger partial charge in [0.1, 0.15) is 5.69 Å². The van der Waals surface area contributed by atoms with Crippen LogP contribution in [-0.2, 0) is 11.8 Å². The number of carbonyl (C=O) groups is 1. The second-order valence-corrected chi connectivity index (χ2v) is 5.01. The molecule has 1 aliphatic heterocycles. The van der Waals surface area contributed by atoms with Gasteiger partial charge in [-0.3, -0.25) is 14.9 Å². The first kappa shape index (κ1) is 14.3. The molecule has 8 nitrogen and oxygen atoms in total. The zero-order valence-corrected chi connectivity index (χ0v) is 11.9. The van der Waals surface area contributed by atoms with E-state index in [1.165, 1.54) is 0 Å². The van der Waals surface area contributed by atoms with Gasteiger partial charge >= 0.3 is 5.69 Å². The number of piperidine rings is 1. The molecule has 0 radical (unpaired) electrons. The van der Waals surface area contributed by atoms with Crippen molar-refractivity contribution in [2.75, 3.05) is 25.0 Å². The summed E-state index contributed by atoms with van der Waals surface area (Å²) in [4.78, 5) is 24.3. The van der Waals surface area contributed by atoms with Gasteiger partial charge in [0, 0.05) is 33.1 Å². The Morgan fingerprint density at radius 1 is 1.45 bits per heavy atom. The largest absolute Gasteiger partial charge is 0.359 e. The molecule has 1 aromatic heterocycles. The summed E-state index contributed by atoms with van der Waals surface area (Å²) >= 11 is 0. The lowest BCUT2D eigenvalue weighted by molar-refractivity contribution is -0.384. The minimum atomic E-state index is -0.386. The van der Waals surface area contributed by atoms with Crippen LogP contribution >= 0.6 is 0 Å². The van der Waals surface area contributed by atoms with Gasteiger partial charge in [-0.2, -0.15) is 5.10 Å². The van der Waals surface area contributed by atoms with E-state index < -0.39 is 0 Å². The van der Waals surface area contributed by atoms with E-state index in [4.69, 9.17) is 0 Å². The Balaban J connectivity index is 2.19. The van der Waals surface area contributed by atoms with Gasteiger partial charge in [0.2, 0.25) is 11.7 Å². The Morgan fingerprint density at radius 3 is 2.55 bits per heavy atom. The monoisotopic (exact) mass is 281 g/mol. The van der Waals surface area contributed by atoms with E-state index in [0.29, 0.717) is 37.4 Å². The molecule has 0 spiro atoms. The lowest BCUT2D eigenvalue weighted by Gasteiger charge is -2.31. The van der Waals surface area contributed by atoms with Crippen LogP contribution in [0.15, 0.2) is 0 Å². The lowest BCUT2D eigenvalue weighted by Crippen LogP contribution is -2.40. The highest BCUT2D eigenvalue weighted by atomic mass is 16.6. The summed E-state index contributed by atoms with van der Waals surface area (Å²) in [6.07, 6.45) is 1.39. The van der Waals surface area contributed by atoms with Crippen molar-refractivity contribution in [3.63, 3.8) is 0 Å². The predicted octanol–water partition coefficient (Wildman–Crippen LogP) is 0.599. The molecule has 20 heavy (non-hydrogen) atoms. The Bertz CT molecular complexity index is 531. The molecule has 0 saturated carbocycles. The third-order valence-electron chi connectivity index (χ3n) is 3.76. The number of amides is 1. The molecule has 0 aliphatic carbocycles. The molecule has 110 valence electrons. The second-order valence-electron chi connectivity index (χ2n) is 5.01. The van der Waals surface area contributed by atoms with Crippen LogP contribution in [0.4, 0.5) is 11.5 Å². The summed E-state index contributed by atoms with van der Waals surface area (Å²) in [6, 6.07) is 0. The summed E-state index contributed by atoms with van der Waals surface area (Å²) in [5.41, 5.74) is 0.479. The number of nitro groups is 1. The van der Waals surface area contributed by atoms with E-state index in [0.717, 1.165) is 0 Å². The zero-order valence-electron chi connectivity index (χ0n) is 11.9. The third kappa shape index (κ3) is 2.45. The number of hydrogen-bond acceptors (Lipinski definition) is 5. The lowest BCUT2D eigenvalue weighted by atomic mass is 9.96. The topological polar surface area (TPSA) is 93.3 Å². The maximum absolute atomic E-state index is 11.6. The van der Waals surface area contributed by atoms with E-state index in [9.17, 15) is 14.9 Å². The fourth-order valence-corrected chi connectivity index (χ4v) is 2.76. The van der Waals surface area contributed by atoms with Gasteiger partial charge in [0.15, 0.2) is 0 Å².